The van der Waals surface area contributed by atoms with E-state index in [2.05, 4.69) is 10.2 Å². The molecule has 0 bridgehead atoms. The molecule has 0 heterocycles. The SMILES string of the molecule is CN(C)CCc1cc(O)ccc1C[C@@H](C=O)NC(=O)c1ccccc1. The van der Waals surface area contributed by atoms with Crippen LogP contribution in [0.15, 0.2) is 48.5 Å². The minimum absolute atomic E-state index is 0.202. The van der Waals surface area contributed by atoms with Crippen LogP contribution >= 0.6 is 0 Å². The lowest BCUT2D eigenvalue weighted by molar-refractivity contribution is -0.109. The van der Waals surface area contributed by atoms with Crippen molar-refractivity contribution in [3.05, 3.63) is 65.2 Å². The lowest BCUT2D eigenvalue weighted by atomic mass is 9.98. The number of nitrogens with zero attached hydrogens (tertiary/aromatic N) is 1. The summed E-state index contributed by atoms with van der Waals surface area (Å²) in [5.74, 6) is -0.0696. The van der Waals surface area contributed by atoms with Crippen LogP contribution in [0.1, 0.15) is 21.5 Å². The summed E-state index contributed by atoms with van der Waals surface area (Å²) in [6.45, 7) is 0.832. The third-order valence-electron chi connectivity index (χ3n) is 3.97. The molecular formula is C20H24N2O3. The predicted molar refractivity (Wildman–Crippen MR) is 97.8 cm³/mol. The minimum Gasteiger partial charge on any atom is -0.508 e. The average molecular weight is 340 g/mol. The molecule has 2 rings (SSSR count). The van der Waals surface area contributed by atoms with Crippen molar-refractivity contribution in [3.63, 3.8) is 0 Å². The van der Waals surface area contributed by atoms with Crippen molar-refractivity contribution in [2.45, 2.75) is 18.9 Å². The molecule has 2 N–H and O–H groups in total. The number of amides is 1. The number of phenols is 1. The van der Waals surface area contributed by atoms with E-state index in [1.165, 1.54) is 0 Å². The number of phenolic OH excluding ortho intramolecular Hbond substituents is 1. The zero-order chi connectivity index (χ0) is 18.2. The van der Waals surface area contributed by atoms with E-state index in [-0.39, 0.29) is 11.7 Å². The number of carbonyl (C=O) groups is 2. The third-order valence-corrected chi connectivity index (χ3v) is 3.97. The molecule has 0 unspecified atom stereocenters. The highest BCUT2D eigenvalue weighted by molar-refractivity contribution is 5.95. The quantitative estimate of drug-likeness (QED) is 0.722. The Bertz CT molecular complexity index is 714. The van der Waals surface area contributed by atoms with Gasteiger partial charge in [-0.3, -0.25) is 4.79 Å². The lowest BCUT2D eigenvalue weighted by Crippen LogP contribution is -2.37. The molecule has 0 saturated carbocycles. The van der Waals surface area contributed by atoms with Crippen molar-refractivity contribution in [3.8, 4) is 5.75 Å². The molecule has 0 aromatic heterocycles. The number of nitrogens with one attached hydrogen (secondary N) is 1. The molecule has 2 aromatic rings. The number of hydrogen-bond donors (Lipinski definition) is 2. The predicted octanol–water partition coefficient (Wildman–Crippen LogP) is 2.04. The molecule has 1 atom stereocenters. The van der Waals surface area contributed by atoms with Crippen LogP contribution in [0.5, 0.6) is 5.75 Å². The lowest BCUT2D eigenvalue weighted by Gasteiger charge is -2.17. The molecule has 2 aromatic carbocycles. The van der Waals surface area contributed by atoms with Crippen LogP contribution in [0, 0.1) is 0 Å². The maximum absolute atomic E-state index is 12.2. The second kappa shape index (κ2) is 8.99. The second-order valence-electron chi connectivity index (χ2n) is 6.29. The van der Waals surface area contributed by atoms with Crippen LogP contribution in [-0.4, -0.2) is 48.9 Å². The van der Waals surface area contributed by atoms with E-state index < -0.39 is 6.04 Å². The fourth-order valence-electron chi connectivity index (χ4n) is 2.60. The number of benzene rings is 2. The van der Waals surface area contributed by atoms with Gasteiger partial charge in [0.25, 0.3) is 5.91 Å². The van der Waals surface area contributed by atoms with Crippen LogP contribution in [0.25, 0.3) is 0 Å². The summed E-state index contributed by atoms with van der Waals surface area (Å²) in [6, 6.07) is 13.3. The summed E-state index contributed by atoms with van der Waals surface area (Å²) in [4.78, 5) is 25.7. The molecule has 5 nitrogen and oxygen atoms in total. The Kier molecular flexibility index (Phi) is 6.71. The van der Waals surface area contributed by atoms with Gasteiger partial charge in [-0.15, -0.1) is 0 Å². The van der Waals surface area contributed by atoms with Crippen molar-refractivity contribution >= 4 is 12.2 Å². The van der Waals surface area contributed by atoms with E-state index in [0.29, 0.717) is 12.0 Å². The van der Waals surface area contributed by atoms with Crippen molar-refractivity contribution in [1.82, 2.24) is 10.2 Å². The number of aldehydes is 1. The van der Waals surface area contributed by atoms with Gasteiger partial charge in [-0.1, -0.05) is 24.3 Å². The van der Waals surface area contributed by atoms with Crippen LogP contribution < -0.4 is 5.32 Å². The van der Waals surface area contributed by atoms with Gasteiger partial charge in [0.2, 0.25) is 0 Å². The Balaban J connectivity index is 2.10. The normalized spacial score (nSPS) is 12.0. The van der Waals surface area contributed by atoms with Gasteiger partial charge in [-0.2, -0.15) is 0 Å². The smallest absolute Gasteiger partial charge is 0.251 e. The molecule has 0 fully saturated rings. The fourth-order valence-corrected chi connectivity index (χ4v) is 2.60. The molecule has 0 saturated heterocycles. The van der Waals surface area contributed by atoms with E-state index in [4.69, 9.17) is 0 Å². The maximum Gasteiger partial charge on any atom is 0.251 e. The minimum atomic E-state index is -0.615. The summed E-state index contributed by atoms with van der Waals surface area (Å²) in [5.41, 5.74) is 2.45. The number of aromatic hydroxyl groups is 1. The van der Waals surface area contributed by atoms with E-state index in [0.717, 1.165) is 30.4 Å². The van der Waals surface area contributed by atoms with Crippen molar-refractivity contribution < 1.29 is 14.7 Å². The van der Waals surface area contributed by atoms with Crippen molar-refractivity contribution in [2.75, 3.05) is 20.6 Å². The van der Waals surface area contributed by atoms with Gasteiger partial charge in [0.05, 0.1) is 6.04 Å². The summed E-state index contributed by atoms with van der Waals surface area (Å²) in [7, 11) is 3.97. The highest BCUT2D eigenvalue weighted by Gasteiger charge is 2.15. The monoisotopic (exact) mass is 340 g/mol. The molecular weight excluding hydrogens is 316 g/mol. The van der Waals surface area contributed by atoms with Gasteiger partial charge in [-0.25, -0.2) is 0 Å². The highest BCUT2D eigenvalue weighted by Crippen LogP contribution is 2.19. The van der Waals surface area contributed by atoms with Gasteiger partial charge < -0.3 is 20.1 Å². The molecule has 0 radical (unpaired) electrons. The van der Waals surface area contributed by atoms with Crippen molar-refractivity contribution in [2.24, 2.45) is 0 Å². The Labute approximate surface area is 148 Å². The van der Waals surface area contributed by atoms with E-state index >= 15 is 0 Å². The average Bonchev–Trinajstić information content (AvgIpc) is 2.61. The van der Waals surface area contributed by atoms with Gasteiger partial charge in [0, 0.05) is 12.1 Å². The van der Waals surface area contributed by atoms with Crippen LogP contribution in [0.4, 0.5) is 0 Å². The largest absolute Gasteiger partial charge is 0.508 e. The van der Waals surface area contributed by atoms with Crippen molar-refractivity contribution in [1.29, 1.82) is 0 Å². The molecule has 0 aliphatic heterocycles. The molecule has 1 amide bonds. The number of carbonyl (C=O) groups excluding carboxylic acids is 2. The third kappa shape index (κ3) is 5.72. The number of rotatable bonds is 8. The zero-order valence-electron chi connectivity index (χ0n) is 14.6. The first kappa shape index (κ1) is 18.7. The Morgan fingerprint density at radius 1 is 1.16 bits per heavy atom. The van der Waals surface area contributed by atoms with Crippen LogP contribution in [0.2, 0.25) is 0 Å². The van der Waals surface area contributed by atoms with Gasteiger partial charge in [0.15, 0.2) is 0 Å². The first-order valence-electron chi connectivity index (χ1n) is 8.26. The molecule has 0 aliphatic carbocycles. The fraction of sp³-hybridized carbons (Fsp3) is 0.300. The van der Waals surface area contributed by atoms with Gasteiger partial charge in [-0.05, 0) is 62.3 Å². The standard InChI is InChI=1S/C20H24N2O3/c1-22(2)11-10-17-13-19(24)9-8-16(17)12-18(14-23)21-20(25)15-6-4-3-5-7-15/h3-9,13-14,18,24H,10-12H2,1-2H3,(H,21,25)/t18-/m0/s1. The van der Waals surface area contributed by atoms with E-state index in [1.807, 2.05) is 26.2 Å². The zero-order valence-corrected chi connectivity index (χ0v) is 14.6. The summed E-state index contributed by atoms with van der Waals surface area (Å²) >= 11 is 0. The second-order valence-corrected chi connectivity index (χ2v) is 6.29. The van der Waals surface area contributed by atoms with Crippen LogP contribution in [0.3, 0.4) is 0 Å². The van der Waals surface area contributed by atoms with E-state index in [9.17, 15) is 14.7 Å². The van der Waals surface area contributed by atoms with Gasteiger partial charge in [0.1, 0.15) is 12.0 Å². The summed E-state index contributed by atoms with van der Waals surface area (Å²) in [6.07, 6.45) is 1.91. The number of likely N-dealkylation sites (N-methyl/N-ethyl adjacent to an activating group) is 1. The van der Waals surface area contributed by atoms with E-state index in [1.54, 1.807) is 36.4 Å². The summed E-state index contributed by atoms with van der Waals surface area (Å²) < 4.78 is 0. The maximum atomic E-state index is 12.2. The van der Waals surface area contributed by atoms with Gasteiger partial charge >= 0.3 is 0 Å². The first-order chi connectivity index (χ1) is 12.0. The highest BCUT2D eigenvalue weighted by atomic mass is 16.3. The van der Waals surface area contributed by atoms with Crippen LogP contribution in [-0.2, 0) is 17.6 Å². The first-order valence-corrected chi connectivity index (χ1v) is 8.26. The Morgan fingerprint density at radius 2 is 1.88 bits per heavy atom. The molecule has 0 aliphatic rings. The number of hydrogen-bond acceptors (Lipinski definition) is 4. The molecule has 0 spiro atoms. The molecule has 25 heavy (non-hydrogen) atoms. The topological polar surface area (TPSA) is 69.6 Å². The molecule has 5 heteroatoms. The Morgan fingerprint density at radius 3 is 2.52 bits per heavy atom. The summed E-state index contributed by atoms with van der Waals surface area (Å²) in [5, 5.41) is 12.5. The molecule has 132 valence electrons. The Hall–Kier alpha value is -2.66.